The maximum Gasteiger partial charge on any atom is 0.416 e. The van der Waals surface area contributed by atoms with E-state index in [0.717, 1.165) is 17.4 Å². The van der Waals surface area contributed by atoms with Gasteiger partial charge in [-0.25, -0.2) is 0 Å². The largest absolute Gasteiger partial charge is 0.487 e. The molecule has 0 unspecified atom stereocenters. The van der Waals surface area contributed by atoms with Gasteiger partial charge in [-0.15, -0.1) is 0 Å². The molecule has 6 nitrogen and oxygen atoms in total. The van der Waals surface area contributed by atoms with E-state index in [-0.39, 0.29) is 18.5 Å². The molecule has 31 heavy (non-hydrogen) atoms. The van der Waals surface area contributed by atoms with Crippen molar-refractivity contribution in [3.8, 4) is 16.3 Å². The predicted molar refractivity (Wildman–Crippen MR) is 114 cm³/mol. The molecule has 0 aliphatic carbocycles. The number of nitrogens with zero attached hydrogens (tertiary/aromatic N) is 2. The van der Waals surface area contributed by atoms with Crippen LogP contribution in [0.4, 0.5) is 13.2 Å². The van der Waals surface area contributed by atoms with Crippen LogP contribution in [0.2, 0.25) is 5.02 Å². The third-order valence-electron chi connectivity index (χ3n) is 4.67. The monoisotopic (exact) mass is 472 g/mol. The predicted octanol–water partition coefficient (Wildman–Crippen LogP) is 4.13. The van der Waals surface area contributed by atoms with Gasteiger partial charge in [0.2, 0.25) is 0 Å². The normalized spacial score (nSPS) is 12.6. The first-order valence-electron chi connectivity index (χ1n) is 9.17. The zero-order chi connectivity index (χ0) is 22.8. The lowest BCUT2D eigenvalue weighted by atomic mass is 9.99. The number of thiophene rings is 1. The molecule has 11 heteroatoms. The zero-order valence-corrected chi connectivity index (χ0v) is 18.2. The van der Waals surface area contributed by atoms with E-state index >= 15 is 0 Å². The van der Waals surface area contributed by atoms with Crippen LogP contribution in [-0.4, -0.2) is 35.4 Å². The van der Waals surface area contributed by atoms with Crippen molar-refractivity contribution < 1.29 is 22.7 Å². The summed E-state index contributed by atoms with van der Waals surface area (Å²) < 4.78 is 46.7. The molecule has 1 atom stereocenters. The van der Waals surface area contributed by atoms with E-state index in [1.54, 1.807) is 17.8 Å². The Morgan fingerprint density at radius 3 is 2.68 bits per heavy atom. The molecule has 0 aliphatic heterocycles. The Balaban J connectivity index is 1.83. The number of aryl methyl sites for hydroxylation is 1. The summed E-state index contributed by atoms with van der Waals surface area (Å²) >= 11 is 7.30. The fourth-order valence-corrected chi connectivity index (χ4v) is 4.35. The molecule has 0 fully saturated rings. The second-order valence-corrected chi connectivity index (χ2v) is 8.17. The van der Waals surface area contributed by atoms with E-state index in [9.17, 15) is 18.0 Å². The second-order valence-electron chi connectivity index (χ2n) is 6.75. The minimum absolute atomic E-state index is 0.0269. The van der Waals surface area contributed by atoms with E-state index in [2.05, 4.69) is 10.4 Å². The van der Waals surface area contributed by atoms with E-state index in [1.165, 1.54) is 31.5 Å². The third-order valence-corrected chi connectivity index (χ3v) is 6.04. The van der Waals surface area contributed by atoms with Gasteiger partial charge >= 0.3 is 6.18 Å². The van der Waals surface area contributed by atoms with Gasteiger partial charge in [-0.1, -0.05) is 41.1 Å². The quantitative estimate of drug-likeness (QED) is 0.541. The molecule has 1 aromatic carbocycles. The second kappa shape index (κ2) is 9.29. The first kappa shape index (κ1) is 23.1. The highest BCUT2D eigenvalue weighted by Gasteiger charge is 2.33. The number of benzene rings is 1. The number of alkyl halides is 3. The summed E-state index contributed by atoms with van der Waals surface area (Å²) in [4.78, 5) is 13.1. The minimum Gasteiger partial charge on any atom is -0.487 e. The van der Waals surface area contributed by atoms with Gasteiger partial charge in [0, 0.05) is 19.6 Å². The first-order valence-corrected chi connectivity index (χ1v) is 10.4. The minimum atomic E-state index is -4.49. The molecule has 0 bridgehead atoms. The number of hydrogen-bond donors (Lipinski definition) is 2. The smallest absolute Gasteiger partial charge is 0.416 e. The van der Waals surface area contributed by atoms with Crippen molar-refractivity contribution >= 4 is 28.8 Å². The van der Waals surface area contributed by atoms with Crippen LogP contribution in [0.15, 0.2) is 36.5 Å². The molecule has 0 saturated carbocycles. The fraction of sp³-hybridized carbons (Fsp3) is 0.300. The van der Waals surface area contributed by atoms with Crippen molar-refractivity contribution in [2.24, 2.45) is 12.8 Å². The Bertz CT molecular complexity index is 1060. The van der Waals surface area contributed by atoms with Crippen LogP contribution in [0, 0.1) is 0 Å². The van der Waals surface area contributed by atoms with Crippen molar-refractivity contribution in [2.75, 3.05) is 13.7 Å². The molecule has 0 saturated heterocycles. The number of amides is 1. The molecular weight excluding hydrogens is 453 g/mol. The number of halogens is 4. The highest BCUT2D eigenvalue weighted by atomic mass is 35.5. The van der Waals surface area contributed by atoms with Gasteiger partial charge in [-0.3, -0.25) is 9.48 Å². The van der Waals surface area contributed by atoms with Gasteiger partial charge in [0.05, 0.1) is 40.0 Å². The number of ether oxygens (including phenoxy) is 1. The molecule has 166 valence electrons. The lowest BCUT2D eigenvalue weighted by molar-refractivity contribution is -0.138. The lowest BCUT2D eigenvalue weighted by Gasteiger charge is -2.19. The van der Waals surface area contributed by atoms with Crippen LogP contribution in [0.3, 0.4) is 0 Å². The van der Waals surface area contributed by atoms with Crippen LogP contribution in [0.5, 0.6) is 5.06 Å². The number of hydrogen-bond acceptors (Lipinski definition) is 5. The average Bonchev–Trinajstić information content (AvgIpc) is 3.29. The summed E-state index contributed by atoms with van der Waals surface area (Å²) in [5, 5.41) is 7.66. The number of nitrogens with two attached hydrogens (primary N) is 1. The molecule has 0 spiro atoms. The van der Waals surface area contributed by atoms with E-state index in [1.807, 2.05) is 0 Å². The first-order chi connectivity index (χ1) is 14.7. The maximum atomic E-state index is 13.3. The average molecular weight is 473 g/mol. The number of carbonyl (C=O) groups is 1. The van der Waals surface area contributed by atoms with Crippen LogP contribution < -0.4 is 15.8 Å². The van der Waals surface area contributed by atoms with Gasteiger partial charge in [0.1, 0.15) is 0 Å². The topological polar surface area (TPSA) is 82.2 Å². The highest BCUT2D eigenvalue weighted by molar-refractivity contribution is 7.16. The molecule has 2 aromatic heterocycles. The van der Waals surface area contributed by atoms with Crippen molar-refractivity contribution in [1.29, 1.82) is 0 Å². The fourth-order valence-electron chi connectivity index (χ4n) is 3.21. The Kier molecular flexibility index (Phi) is 6.93. The van der Waals surface area contributed by atoms with E-state index in [4.69, 9.17) is 22.1 Å². The van der Waals surface area contributed by atoms with Gasteiger partial charge in [0.15, 0.2) is 5.06 Å². The Labute approximate surface area is 185 Å². The number of rotatable bonds is 7. The van der Waals surface area contributed by atoms with E-state index < -0.39 is 23.7 Å². The summed E-state index contributed by atoms with van der Waals surface area (Å²) in [7, 11) is 3.18. The van der Waals surface area contributed by atoms with Crippen molar-refractivity contribution in [3.63, 3.8) is 0 Å². The zero-order valence-electron chi connectivity index (χ0n) is 16.7. The molecule has 0 aliphatic rings. The van der Waals surface area contributed by atoms with Crippen molar-refractivity contribution in [2.45, 2.75) is 18.6 Å². The number of methoxy groups -OCH3 is 1. The SMILES string of the molecule is COc1sc(C(=O)N[C@H](CN)Cc2ccccc2C(F)(F)F)cc1-c1c(Cl)cnn1C. The van der Waals surface area contributed by atoms with E-state index in [0.29, 0.717) is 26.2 Å². The van der Waals surface area contributed by atoms with Crippen LogP contribution in [0.25, 0.3) is 11.3 Å². The van der Waals surface area contributed by atoms with Gasteiger partial charge in [-0.05, 0) is 24.1 Å². The molecule has 3 N–H and O–H groups in total. The van der Waals surface area contributed by atoms with Crippen molar-refractivity contribution in [1.82, 2.24) is 15.1 Å². The molecule has 3 aromatic rings. The molecule has 1 amide bonds. The molecule has 2 heterocycles. The number of carbonyl (C=O) groups excluding carboxylic acids is 1. The Morgan fingerprint density at radius 1 is 1.39 bits per heavy atom. The summed E-state index contributed by atoms with van der Waals surface area (Å²) in [6.45, 7) is -0.0269. The summed E-state index contributed by atoms with van der Waals surface area (Å²) in [6, 6.07) is 6.17. The van der Waals surface area contributed by atoms with Crippen LogP contribution >= 0.6 is 22.9 Å². The molecule has 0 radical (unpaired) electrons. The Morgan fingerprint density at radius 2 is 2.10 bits per heavy atom. The van der Waals surface area contributed by atoms with Crippen molar-refractivity contribution in [3.05, 3.63) is 57.6 Å². The molecule has 3 rings (SSSR count). The van der Waals surface area contributed by atoms with Gasteiger partial charge < -0.3 is 15.8 Å². The van der Waals surface area contributed by atoms with Gasteiger partial charge in [0.25, 0.3) is 5.91 Å². The lowest BCUT2D eigenvalue weighted by Crippen LogP contribution is -2.41. The maximum absolute atomic E-state index is 13.3. The third kappa shape index (κ3) is 5.03. The summed E-state index contributed by atoms with van der Waals surface area (Å²) in [6.07, 6.45) is -3.06. The summed E-state index contributed by atoms with van der Waals surface area (Å²) in [5.74, 6) is -0.465. The van der Waals surface area contributed by atoms with Crippen LogP contribution in [0.1, 0.15) is 20.8 Å². The highest BCUT2D eigenvalue weighted by Crippen LogP contribution is 2.41. The summed E-state index contributed by atoms with van der Waals surface area (Å²) in [5.41, 5.74) is 6.24. The van der Waals surface area contributed by atoms with Crippen LogP contribution in [-0.2, 0) is 19.6 Å². The van der Waals surface area contributed by atoms with Gasteiger partial charge in [-0.2, -0.15) is 18.3 Å². The number of aromatic nitrogens is 2. The molecular formula is C20H20ClF3N4O2S. The number of nitrogens with one attached hydrogen (secondary N) is 1. The standard InChI is InChI=1S/C20H20ClF3N4O2S/c1-28-17(15(21)10-26-28)13-8-16(31-19(13)30-2)18(29)27-12(9-25)7-11-5-3-4-6-14(11)20(22,23)24/h3-6,8,10,12H,7,9,25H2,1-2H3,(H,27,29)/t12-/m0/s1. The Hall–Kier alpha value is -2.56.